The van der Waals surface area contributed by atoms with Crippen LogP contribution in [0, 0.1) is 11.8 Å². The lowest BCUT2D eigenvalue weighted by Crippen LogP contribution is -2.51. The highest BCUT2D eigenvalue weighted by molar-refractivity contribution is 5.79. The van der Waals surface area contributed by atoms with E-state index in [1.807, 2.05) is 0 Å². The Bertz CT molecular complexity index is 253. The number of amides is 1. The summed E-state index contributed by atoms with van der Waals surface area (Å²) in [5.74, 6) is 0.783. The van der Waals surface area contributed by atoms with Crippen LogP contribution in [0.2, 0.25) is 0 Å². The summed E-state index contributed by atoms with van der Waals surface area (Å²) in [6, 6.07) is 0. The average Bonchev–Trinajstić information content (AvgIpc) is 2.44. The van der Waals surface area contributed by atoms with Crippen LogP contribution in [-0.4, -0.2) is 18.0 Å². The smallest absolute Gasteiger partial charge is 0.223 e. The van der Waals surface area contributed by atoms with E-state index in [-0.39, 0.29) is 17.4 Å². The molecule has 3 N–H and O–H groups in total. The number of carbonyl (C=O) groups excluding carboxylic acids is 1. The summed E-state index contributed by atoms with van der Waals surface area (Å²) in [6.07, 6.45) is 7.55. The Morgan fingerprint density at radius 2 is 1.72 bits per heavy atom. The fourth-order valence-corrected chi connectivity index (χ4v) is 3.20. The second-order valence-electron chi connectivity index (χ2n) is 5.72. The monoisotopic (exact) mass is 254 g/mol. The van der Waals surface area contributed by atoms with E-state index in [0.29, 0.717) is 12.5 Å². The predicted octanol–water partition coefficient (Wildman–Crippen LogP) is 2.84. The Morgan fingerprint density at radius 3 is 2.22 bits per heavy atom. The summed E-state index contributed by atoms with van der Waals surface area (Å²) < 4.78 is 0. The standard InChI is InChI=1S/C15H30N2O/c1-4-15(5-2,6-3)17-14(18)13-10-8-7-9-12(13)11-16/h12-13H,4-11,16H2,1-3H3,(H,17,18). The molecule has 2 atom stereocenters. The first-order chi connectivity index (χ1) is 8.62. The fourth-order valence-electron chi connectivity index (χ4n) is 3.20. The molecule has 1 amide bonds. The molecule has 0 spiro atoms. The first kappa shape index (κ1) is 15.5. The van der Waals surface area contributed by atoms with Crippen LogP contribution in [0.3, 0.4) is 0 Å². The van der Waals surface area contributed by atoms with Crippen LogP contribution >= 0.6 is 0 Å². The molecule has 18 heavy (non-hydrogen) atoms. The van der Waals surface area contributed by atoms with E-state index >= 15 is 0 Å². The largest absolute Gasteiger partial charge is 0.350 e. The molecule has 3 heteroatoms. The molecule has 1 rings (SSSR count). The molecule has 1 fully saturated rings. The molecule has 3 nitrogen and oxygen atoms in total. The number of carbonyl (C=O) groups is 1. The van der Waals surface area contributed by atoms with Gasteiger partial charge in [-0.2, -0.15) is 0 Å². The minimum Gasteiger partial charge on any atom is -0.350 e. The Labute approximate surface area is 112 Å². The third-order valence-electron chi connectivity index (χ3n) is 4.97. The van der Waals surface area contributed by atoms with Crippen LogP contribution in [0.25, 0.3) is 0 Å². The van der Waals surface area contributed by atoms with Gasteiger partial charge in [0.1, 0.15) is 0 Å². The van der Waals surface area contributed by atoms with Crippen LogP contribution in [0.15, 0.2) is 0 Å². The fraction of sp³-hybridized carbons (Fsp3) is 0.933. The quantitative estimate of drug-likeness (QED) is 0.766. The van der Waals surface area contributed by atoms with Gasteiger partial charge in [0, 0.05) is 11.5 Å². The van der Waals surface area contributed by atoms with Crippen LogP contribution in [0.1, 0.15) is 65.7 Å². The Balaban J connectivity index is 2.67. The van der Waals surface area contributed by atoms with Crippen molar-refractivity contribution in [2.45, 2.75) is 71.3 Å². The molecule has 0 aromatic carbocycles. The van der Waals surface area contributed by atoms with Gasteiger partial charge < -0.3 is 11.1 Å². The second-order valence-corrected chi connectivity index (χ2v) is 5.72. The van der Waals surface area contributed by atoms with E-state index < -0.39 is 0 Å². The number of hydrogen-bond acceptors (Lipinski definition) is 2. The zero-order chi connectivity index (χ0) is 13.6. The molecule has 0 aliphatic heterocycles. The molecule has 1 aliphatic rings. The highest BCUT2D eigenvalue weighted by Gasteiger charge is 2.34. The van der Waals surface area contributed by atoms with Gasteiger partial charge in [-0.05, 0) is 44.6 Å². The van der Waals surface area contributed by atoms with Gasteiger partial charge in [0.25, 0.3) is 0 Å². The normalized spacial score (nSPS) is 24.9. The van der Waals surface area contributed by atoms with Gasteiger partial charge in [0.15, 0.2) is 0 Å². The summed E-state index contributed by atoms with van der Waals surface area (Å²) in [5, 5.41) is 3.32. The van der Waals surface area contributed by atoms with Crippen LogP contribution in [-0.2, 0) is 4.79 Å². The van der Waals surface area contributed by atoms with Crippen LogP contribution in [0.4, 0.5) is 0 Å². The maximum absolute atomic E-state index is 12.5. The molecule has 0 aromatic rings. The maximum Gasteiger partial charge on any atom is 0.223 e. The summed E-state index contributed by atoms with van der Waals surface area (Å²) in [4.78, 5) is 12.5. The van der Waals surface area contributed by atoms with Gasteiger partial charge in [-0.25, -0.2) is 0 Å². The number of nitrogens with two attached hydrogens (primary N) is 1. The van der Waals surface area contributed by atoms with Gasteiger partial charge in [-0.1, -0.05) is 33.6 Å². The summed E-state index contributed by atoms with van der Waals surface area (Å²) in [5.41, 5.74) is 5.81. The van der Waals surface area contributed by atoms with Crippen molar-refractivity contribution in [3.8, 4) is 0 Å². The summed E-state index contributed by atoms with van der Waals surface area (Å²) in [6.45, 7) is 7.13. The molecule has 2 unspecified atom stereocenters. The summed E-state index contributed by atoms with van der Waals surface area (Å²) in [7, 11) is 0. The topological polar surface area (TPSA) is 55.1 Å². The number of hydrogen-bond donors (Lipinski definition) is 2. The Kier molecular flexibility index (Phi) is 6.13. The summed E-state index contributed by atoms with van der Waals surface area (Å²) >= 11 is 0. The molecule has 0 bridgehead atoms. The highest BCUT2D eigenvalue weighted by atomic mass is 16.2. The lowest BCUT2D eigenvalue weighted by molar-refractivity contribution is -0.129. The van der Waals surface area contributed by atoms with Crippen molar-refractivity contribution in [2.75, 3.05) is 6.54 Å². The van der Waals surface area contributed by atoms with Crippen molar-refractivity contribution in [2.24, 2.45) is 17.6 Å². The second kappa shape index (κ2) is 7.13. The lowest BCUT2D eigenvalue weighted by atomic mass is 9.78. The van der Waals surface area contributed by atoms with E-state index in [4.69, 9.17) is 5.73 Å². The molecule has 0 heterocycles. The first-order valence-corrected chi connectivity index (χ1v) is 7.64. The third-order valence-corrected chi connectivity index (χ3v) is 4.97. The molecule has 0 radical (unpaired) electrons. The molecule has 1 saturated carbocycles. The van der Waals surface area contributed by atoms with Gasteiger partial charge >= 0.3 is 0 Å². The molecular formula is C15H30N2O. The Morgan fingerprint density at radius 1 is 1.17 bits per heavy atom. The third kappa shape index (κ3) is 3.47. The average molecular weight is 254 g/mol. The van der Waals surface area contributed by atoms with Crippen molar-refractivity contribution in [1.82, 2.24) is 5.32 Å². The zero-order valence-electron chi connectivity index (χ0n) is 12.3. The molecular weight excluding hydrogens is 224 g/mol. The van der Waals surface area contributed by atoms with Crippen molar-refractivity contribution >= 4 is 5.91 Å². The van der Waals surface area contributed by atoms with Crippen molar-refractivity contribution in [1.29, 1.82) is 0 Å². The van der Waals surface area contributed by atoms with E-state index in [9.17, 15) is 4.79 Å². The number of nitrogens with one attached hydrogen (secondary N) is 1. The van der Waals surface area contributed by atoms with Crippen molar-refractivity contribution < 1.29 is 4.79 Å². The van der Waals surface area contributed by atoms with Gasteiger partial charge in [0.05, 0.1) is 0 Å². The Hall–Kier alpha value is -0.570. The van der Waals surface area contributed by atoms with E-state index in [2.05, 4.69) is 26.1 Å². The highest BCUT2D eigenvalue weighted by Crippen LogP contribution is 2.30. The van der Waals surface area contributed by atoms with E-state index in [0.717, 1.165) is 32.1 Å². The van der Waals surface area contributed by atoms with Gasteiger partial charge in [0.2, 0.25) is 5.91 Å². The SMILES string of the molecule is CCC(CC)(CC)NC(=O)C1CCCCC1CN. The minimum atomic E-state index is -0.00627. The van der Waals surface area contributed by atoms with Crippen molar-refractivity contribution in [3.05, 3.63) is 0 Å². The van der Waals surface area contributed by atoms with E-state index in [1.165, 1.54) is 12.8 Å². The molecule has 0 aromatic heterocycles. The van der Waals surface area contributed by atoms with Gasteiger partial charge in [-0.3, -0.25) is 4.79 Å². The minimum absolute atomic E-state index is 0.00627. The molecule has 0 saturated heterocycles. The number of rotatable bonds is 6. The zero-order valence-corrected chi connectivity index (χ0v) is 12.3. The van der Waals surface area contributed by atoms with Crippen LogP contribution in [0.5, 0.6) is 0 Å². The van der Waals surface area contributed by atoms with Crippen LogP contribution < -0.4 is 11.1 Å². The first-order valence-electron chi connectivity index (χ1n) is 7.64. The van der Waals surface area contributed by atoms with E-state index in [1.54, 1.807) is 0 Å². The van der Waals surface area contributed by atoms with Gasteiger partial charge in [-0.15, -0.1) is 0 Å². The molecule has 106 valence electrons. The maximum atomic E-state index is 12.5. The van der Waals surface area contributed by atoms with Crippen molar-refractivity contribution in [3.63, 3.8) is 0 Å². The molecule has 1 aliphatic carbocycles. The lowest BCUT2D eigenvalue weighted by Gasteiger charge is -2.36. The predicted molar refractivity (Wildman–Crippen MR) is 76.2 cm³/mol.